The normalized spacial score (nSPS) is 13.1. The van der Waals surface area contributed by atoms with E-state index in [1.807, 2.05) is 32.9 Å². The number of nitrogens with one attached hydrogen (secondary N) is 1. The van der Waals surface area contributed by atoms with Crippen molar-refractivity contribution >= 4 is 11.7 Å². The van der Waals surface area contributed by atoms with Crippen molar-refractivity contribution in [2.45, 2.75) is 53.0 Å². The largest absolute Gasteiger partial charge is 0.478 e. The Hall–Kier alpha value is -2.40. The molecule has 0 saturated heterocycles. The molecule has 0 atom stereocenters. The molecule has 0 bridgehead atoms. The maximum absolute atomic E-state index is 11.4. The number of ether oxygens (including phenoxy) is 1. The zero-order valence-electron chi connectivity index (χ0n) is 17.4. The van der Waals surface area contributed by atoms with E-state index < -0.39 is 0 Å². The highest BCUT2D eigenvalue weighted by molar-refractivity contribution is 5.89. The predicted molar refractivity (Wildman–Crippen MR) is 115 cm³/mol. The molecule has 0 spiro atoms. The van der Waals surface area contributed by atoms with E-state index in [2.05, 4.69) is 39.5 Å². The highest BCUT2D eigenvalue weighted by Crippen LogP contribution is 2.18. The summed E-state index contributed by atoms with van der Waals surface area (Å²) in [5, 5.41) is 2.75. The summed E-state index contributed by atoms with van der Waals surface area (Å²) in [5.41, 5.74) is 2.96. The van der Waals surface area contributed by atoms with Crippen LogP contribution in [0, 0.1) is 0 Å². The Morgan fingerprint density at radius 2 is 1.89 bits per heavy atom. The van der Waals surface area contributed by atoms with Crippen LogP contribution in [0.2, 0.25) is 0 Å². The van der Waals surface area contributed by atoms with Gasteiger partial charge in [0.05, 0.1) is 6.61 Å². The molecule has 1 N–H and O–H groups in total. The minimum Gasteiger partial charge on any atom is -0.478 e. The van der Waals surface area contributed by atoms with Crippen LogP contribution in [0.25, 0.3) is 0 Å². The molecule has 1 aromatic heterocycles. The number of carbonyl (C=O) groups is 1. The van der Waals surface area contributed by atoms with Gasteiger partial charge in [-0.3, -0.25) is 9.69 Å². The van der Waals surface area contributed by atoms with Crippen LogP contribution in [0.4, 0.5) is 5.82 Å². The highest BCUT2D eigenvalue weighted by atomic mass is 16.5. The third kappa shape index (κ3) is 6.97. The molecule has 1 aliphatic heterocycles. The minimum atomic E-state index is -0.0437. The van der Waals surface area contributed by atoms with Crippen LogP contribution < -0.4 is 10.1 Å². The fourth-order valence-electron chi connectivity index (χ4n) is 3.16. The van der Waals surface area contributed by atoms with Crippen LogP contribution in [-0.2, 0) is 17.8 Å². The number of benzene rings is 1. The van der Waals surface area contributed by atoms with Gasteiger partial charge in [0, 0.05) is 25.6 Å². The summed E-state index contributed by atoms with van der Waals surface area (Å²) in [7, 11) is 0. The number of rotatable bonds is 8. The van der Waals surface area contributed by atoms with Crippen molar-refractivity contribution in [3.63, 3.8) is 0 Å². The van der Waals surface area contributed by atoms with Gasteiger partial charge >= 0.3 is 0 Å². The molecular formula is C23H33N3O2. The molecule has 152 valence electrons. The van der Waals surface area contributed by atoms with E-state index in [9.17, 15) is 4.79 Å². The number of amides is 1. The number of hydrogen-bond donors (Lipinski definition) is 1. The maximum Gasteiger partial charge on any atom is 0.225 e. The first-order valence-electron chi connectivity index (χ1n) is 10.4. The van der Waals surface area contributed by atoms with Crippen LogP contribution in [0.3, 0.4) is 0 Å². The number of aromatic nitrogens is 1. The summed E-state index contributed by atoms with van der Waals surface area (Å²) in [5.74, 6) is 1.06. The molecule has 0 radical (unpaired) electrons. The molecule has 2 heterocycles. The van der Waals surface area contributed by atoms with Crippen LogP contribution in [0.15, 0.2) is 42.5 Å². The lowest BCUT2D eigenvalue weighted by Gasteiger charge is -2.28. The molecule has 0 aliphatic carbocycles. The molecule has 3 rings (SSSR count). The van der Waals surface area contributed by atoms with Crippen LogP contribution in [-0.4, -0.2) is 35.5 Å². The molecule has 5 heteroatoms. The third-order valence-electron chi connectivity index (χ3n) is 4.64. The van der Waals surface area contributed by atoms with Gasteiger partial charge in [0.1, 0.15) is 5.82 Å². The van der Waals surface area contributed by atoms with Gasteiger partial charge in [-0.15, -0.1) is 0 Å². The average Bonchev–Trinajstić information content (AvgIpc) is 2.75. The van der Waals surface area contributed by atoms with Crippen LogP contribution in [0.1, 0.15) is 51.2 Å². The Bertz CT molecular complexity index is 733. The van der Waals surface area contributed by atoms with Gasteiger partial charge in [-0.2, -0.15) is 4.98 Å². The Kier molecular flexibility index (Phi) is 9.49. The molecule has 1 aliphatic rings. The third-order valence-corrected chi connectivity index (χ3v) is 4.64. The van der Waals surface area contributed by atoms with Crippen molar-refractivity contribution in [1.82, 2.24) is 9.88 Å². The first-order valence-corrected chi connectivity index (χ1v) is 10.4. The fourth-order valence-corrected chi connectivity index (χ4v) is 3.16. The standard InChI is InChI=1S/C21H27N3O2.C2H6/c1-2-20(25)22-19-10-7-11-21(23-19)26-15-6-5-13-24-14-12-17-8-3-4-9-18(17)16-24;1-2/h3-4,7-11H,2,5-6,12-16H2,1H3,(H,22,23,25);1-2H3. The van der Waals surface area contributed by atoms with E-state index in [-0.39, 0.29) is 5.91 Å². The molecule has 1 aromatic carbocycles. The molecule has 2 aromatic rings. The number of carbonyl (C=O) groups excluding carboxylic acids is 1. The topological polar surface area (TPSA) is 54.5 Å². The Morgan fingerprint density at radius 3 is 2.68 bits per heavy atom. The summed E-state index contributed by atoms with van der Waals surface area (Å²) in [6.45, 7) is 9.74. The lowest BCUT2D eigenvalue weighted by molar-refractivity contribution is -0.115. The van der Waals surface area contributed by atoms with Crippen molar-refractivity contribution in [2.24, 2.45) is 0 Å². The summed E-state index contributed by atoms with van der Waals surface area (Å²) in [6, 6.07) is 14.2. The molecule has 28 heavy (non-hydrogen) atoms. The average molecular weight is 384 g/mol. The number of unbranched alkanes of at least 4 members (excludes halogenated alkanes) is 1. The first-order chi connectivity index (χ1) is 13.7. The number of anilines is 1. The highest BCUT2D eigenvalue weighted by Gasteiger charge is 2.14. The minimum absolute atomic E-state index is 0.0437. The lowest BCUT2D eigenvalue weighted by Crippen LogP contribution is -2.31. The van der Waals surface area contributed by atoms with Crippen molar-refractivity contribution in [3.05, 3.63) is 53.6 Å². The van der Waals surface area contributed by atoms with E-state index in [0.29, 0.717) is 24.7 Å². The van der Waals surface area contributed by atoms with Crippen molar-refractivity contribution in [3.8, 4) is 5.88 Å². The summed E-state index contributed by atoms with van der Waals surface area (Å²) in [4.78, 5) is 18.2. The van der Waals surface area contributed by atoms with E-state index in [0.717, 1.165) is 38.9 Å². The zero-order valence-corrected chi connectivity index (χ0v) is 17.4. The van der Waals surface area contributed by atoms with E-state index in [4.69, 9.17) is 4.74 Å². The quantitative estimate of drug-likeness (QED) is 0.673. The molecule has 0 saturated carbocycles. The Labute approximate surface area is 169 Å². The smallest absolute Gasteiger partial charge is 0.225 e. The second-order valence-electron chi connectivity index (χ2n) is 6.61. The van der Waals surface area contributed by atoms with Crippen LogP contribution in [0.5, 0.6) is 5.88 Å². The van der Waals surface area contributed by atoms with Gasteiger partial charge in [0.15, 0.2) is 0 Å². The fraction of sp³-hybridized carbons (Fsp3) is 0.478. The second kappa shape index (κ2) is 12.1. The van der Waals surface area contributed by atoms with Gasteiger partial charge in [-0.1, -0.05) is 51.1 Å². The van der Waals surface area contributed by atoms with Gasteiger partial charge in [-0.05, 0) is 43.0 Å². The van der Waals surface area contributed by atoms with E-state index >= 15 is 0 Å². The van der Waals surface area contributed by atoms with Gasteiger partial charge in [0.2, 0.25) is 11.8 Å². The van der Waals surface area contributed by atoms with Gasteiger partial charge < -0.3 is 10.1 Å². The van der Waals surface area contributed by atoms with Crippen molar-refractivity contribution in [2.75, 3.05) is 25.0 Å². The van der Waals surface area contributed by atoms with Crippen molar-refractivity contribution < 1.29 is 9.53 Å². The van der Waals surface area contributed by atoms with Gasteiger partial charge in [0.25, 0.3) is 0 Å². The molecule has 1 amide bonds. The number of nitrogens with zero attached hydrogens (tertiary/aromatic N) is 2. The SMILES string of the molecule is CC.CCC(=O)Nc1cccc(OCCCCN2CCc3ccccc3C2)n1. The molecule has 0 unspecified atom stereocenters. The molecular weight excluding hydrogens is 350 g/mol. The van der Waals surface area contributed by atoms with E-state index in [1.54, 1.807) is 6.07 Å². The summed E-state index contributed by atoms with van der Waals surface area (Å²) < 4.78 is 5.73. The van der Waals surface area contributed by atoms with E-state index in [1.165, 1.54) is 11.1 Å². The Morgan fingerprint density at radius 1 is 1.11 bits per heavy atom. The summed E-state index contributed by atoms with van der Waals surface area (Å²) >= 11 is 0. The zero-order chi connectivity index (χ0) is 20.2. The first kappa shape index (κ1) is 21.9. The lowest BCUT2D eigenvalue weighted by atomic mass is 10.00. The van der Waals surface area contributed by atoms with Gasteiger partial charge in [-0.25, -0.2) is 0 Å². The van der Waals surface area contributed by atoms with Crippen LogP contribution >= 0.6 is 0 Å². The second-order valence-corrected chi connectivity index (χ2v) is 6.61. The number of hydrogen-bond acceptors (Lipinski definition) is 4. The molecule has 0 fully saturated rings. The number of pyridine rings is 1. The maximum atomic E-state index is 11.4. The monoisotopic (exact) mass is 383 g/mol. The Balaban J connectivity index is 0.00000136. The molecule has 5 nitrogen and oxygen atoms in total. The van der Waals surface area contributed by atoms with Crippen molar-refractivity contribution in [1.29, 1.82) is 0 Å². The predicted octanol–water partition coefficient (Wildman–Crippen LogP) is 4.67. The summed E-state index contributed by atoms with van der Waals surface area (Å²) in [6.07, 6.45) is 3.68. The number of fused-ring (bicyclic) bond motifs is 1.